The van der Waals surface area contributed by atoms with Crippen LogP contribution in [-0.2, 0) is 0 Å². The Labute approximate surface area is 333 Å². The molecule has 1 aliphatic heterocycles. The van der Waals surface area contributed by atoms with Crippen LogP contribution >= 0.6 is 0 Å². The zero-order valence-electron chi connectivity index (χ0n) is 31.4. The molecule has 57 heavy (non-hydrogen) atoms. The number of allylic oxidation sites excluding steroid dienone is 2. The molecule has 3 nitrogen and oxygen atoms in total. The normalized spacial score (nSPS) is 15.5. The second-order valence-corrected chi connectivity index (χ2v) is 14.9. The van der Waals surface area contributed by atoms with E-state index in [-0.39, 0.29) is 0 Å². The smallest absolute Gasteiger partial charge is 0.0629 e. The molecule has 2 atom stereocenters. The van der Waals surface area contributed by atoms with E-state index in [4.69, 9.17) is 0 Å². The lowest BCUT2D eigenvalue weighted by Crippen LogP contribution is -2.28. The van der Waals surface area contributed by atoms with E-state index in [1.807, 2.05) is 0 Å². The van der Waals surface area contributed by atoms with Gasteiger partial charge in [-0.05, 0) is 107 Å². The summed E-state index contributed by atoms with van der Waals surface area (Å²) in [4.78, 5) is 4.81. The van der Waals surface area contributed by atoms with Gasteiger partial charge in [-0.3, -0.25) is 0 Å². The Morgan fingerprint density at radius 3 is 1.42 bits per heavy atom. The zero-order chi connectivity index (χ0) is 37.7. The maximum Gasteiger partial charge on any atom is 0.0629 e. The Morgan fingerprint density at radius 1 is 0.368 bits per heavy atom. The van der Waals surface area contributed by atoms with Crippen molar-refractivity contribution in [2.24, 2.45) is 0 Å². The van der Waals surface area contributed by atoms with Gasteiger partial charge in [0.15, 0.2) is 0 Å². The van der Waals surface area contributed by atoms with Crippen LogP contribution in [0.4, 0.5) is 28.4 Å². The predicted molar refractivity (Wildman–Crippen MR) is 240 cm³/mol. The SMILES string of the molecule is C1=CC2c3ccccc3N(c3ccc(-c4ccc(N(c5ccccc5)c5ccc(-c6ccc(-n7c8ccccc8c8ccccc87)cc6)cc5)cc4)cc3)C2C=C1. The van der Waals surface area contributed by atoms with Crippen LogP contribution in [0.25, 0.3) is 49.7 Å². The summed E-state index contributed by atoms with van der Waals surface area (Å²) >= 11 is 0. The molecular weight excluding hydrogens is 691 g/mol. The van der Waals surface area contributed by atoms with Gasteiger partial charge in [-0.2, -0.15) is 0 Å². The topological polar surface area (TPSA) is 11.4 Å². The van der Waals surface area contributed by atoms with E-state index in [1.165, 1.54) is 61.0 Å². The molecule has 0 amide bonds. The third kappa shape index (κ3) is 5.67. The minimum atomic E-state index is 0.299. The first-order valence-corrected chi connectivity index (χ1v) is 19.8. The average molecular weight is 730 g/mol. The highest BCUT2D eigenvalue weighted by Gasteiger charge is 2.36. The zero-order valence-corrected chi connectivity index (χ0v) is 31.4. The van der Waals surface area contributed by atoms with Crippen LogP contribution in [0.3, 0.4) is 0 Å². The predicted octanol–water partition coefficient (Wildman–Crippen LogP) is 14.3. The highest BCUT2D eigenvalue weighted by Crippen LogP contribution is 2.48. The van der Waals surface area contributed by atoms with E-state index < -0.39 is 0 Å². The van der Waals surface area contributed by atoms with Gasteiger partial charge < -0.3 is 14.4 Å². The number of anilines is 5. The molecule has 0 fully saturated rings. The van der Waals surface area contributed by atoms with Crippen LogP contribution < -0.4 is 9.80 Å². The van der Waals surface area contributed by atoms with E-state index >= 15 is 0 Å². The minimum Gasteiger partial charge on any atom is -0.333 e. The second kappa shape index (κ2) is 13.7. The fraction of sp³-hybridized carbons (Fsp3) is 0.0370. The Hall–Kier alpha value is -7.36. The molecule has 8 aromatic carbocycles. The van der Waals surface area contributed by atoms with Crippen LogP contribution in [0.5, 0.6) is 0 Å². The number of fused-ring (bicyclic) bond motifs is 6. The lowest BCUT2D eigenvalue weighted by Gasteiger charge is -2.29. The van der Waals surface area contributed by atoms with Crippen molar-refractivity contribution in [3.8, 4) is 27.9 Å². The van der Waals surface area contributed by atoms with Crippen molar-refractivity contribution in [2.75, 3.05) is 9.80 Å². The van der Waals surface area contributed by atoms with Crippen molar-refractivity contribution in [1.29, 1.82) is 0 Å². The van der Waals surface area contributed by atoms with Gasteiger partial charge in [-0.1, -0.05) is 146 Å². The highest BCUT2D eigenvalue weighted by molar-refractivity contribution is 6.09. The standard InChI is InChI=1S/C54H39N3/c1-2-12-42(13-3-1)55(43-30-22-38(23-31-43)40-26-34-45(35-27-40)56-51-18-8-4-14-47(51)48-15-5-9-19-52(48)56)44-32-24-39(25-33-44)41-28-36-46(37-29-41)57-53-20-10-6-16-49(53)50-17-7-11-21-54(50)57/h1-37,47,51H. The first kappa shape index (κ1) is 33.0. The molecule has 2 heterocycles. The number of hydrogen-bond donors (Lipinski definition) is 0. The Kier molecular flexibility index (Phi) is 7.96. The summed E-state index contributed by atoms with van der Waals surface area (Å²) in [6.07, 6.45) is 9.01. The number of nitrogens with zero attached hydrogens (tertiary/aromatic N) is 3. The van der Waals surface area contributed by atoms with E-state index in [1.54, 1.807) is 0 Å². The summed E-state index contributed by atoms with van der Waals surface area (Å²) in [5.74, 6) is 0.381. The molecule has 0 saturated heterocycles. The van der Waals surface area contributed by atoms with Crippen LogP contribution in [0.1, 0.15) is 11.5 Å². The van der Waals surface area contributed by atoms with Crippen molar-refractivity contribution in [1.82, 2.24) is 4.57 Å². The number of hydrogen-bond acceptors (Lipinski definition) is 2. The summed E-state index contributed by atoms with van der Waals surface area (Å²) in [5.41, 5.74) is 15.6. The second-order valence-electron chi connectivity index (χ2n) is 14.9. The average Bonchev–Trinajstić information content (AvgIpc) is 3.81. The molecule has 0 spiro atoms. The molecule has 0 N–H and O–H groups in total. The quantitative estimate of drug-likeness (QED) is 0.162. The van der Waals surface area contributed by atoms with Gasteiger partial charge in [0.05, 0.1) is 17.1 Å². The minimum absolute atomic E-state index is 0.299. The van der Waals surface area contributed by atoms with Gasteiger partial charge in [-0.25, -0.2) is 0 Å². The monoisotopic (exact) mass is 729 g/mol. The molecule has 270 valence electrons. The number of rotatable bonds is 7. The third-order valence-electron chi connectivity index (χ3n) is 11.7. The molecular formula is C54H39N3. The van der Waals surface area contributed by atoms with Crippen molar-refractivity contribution < 1.29 is 0 Å². The Balaban J connectivity index is 0.864. The number of para-hydroxylation sites is 4. The molecule has 2 unspecified atom stereocenters. The lowest BCUT2D eigenvalue weighted by molar-refractivity contribution is 0.745. The maximum atomic E-state index is 2.48. The van der Waals surface area contributed by atoms with Crippen molar-refractivity contribution in [3.63, 3.8) is 0 Å². The van der Waals surface area contributed by atoms with Crippen LogP contribution in [-0.4, -0.2) is 10.6 Å². The molecule has 1 aromatic heterocycles. The summed E-state index contributed by atoms with van der Waals surface area (Å²) in [5, 5.41) is 2.55. The van der Waals surface area contributed by atoms with E-state index in [0.717, 1.165) is 22.7 Å². The third-order valence-corrected chi connectivity index (χ3v) is 11.7. The molecule has 0 radical (unpaired) electrons. The number of aromatic nitrogens is 1. The van der Waals surface area contributed by atoms with Crippen molar-refractivity contribution in [3.05, 3.63) is 230 Å². The molecule has 3 heteroatoms. The van der Waals surface area contributed by atoms with E-state index in [9.17, 15) is 0 Å². The summed E-state index contributed by atoms with van der Waals surface area (Å²) in [6, 6.07) is 72.9. The Morgan fingerprint density at radius 2 is 0.825 bits per heavy atom. The fourth-order valence-electron chi connectivity index (χ4n) is 9.04. The maximum absolute atomic E-state index is 2.48. The summed E-state index contributed by atoms with van der Waals surface area (Å²) < 4.78 is 2.37. The molecule has 9 aromatic rings. The van der Waals surface area contributed by atoms with Crippen LogP contribution in [0.2, 0.25) is 0 Å². The fourth-order valence-corrected chi connectivity index (χ4v) is 9.04. The lowest BCUT2D eigenvalue weighted by atomic mass is 9.91. The van der Waals surface area contributed by atoms with E-state index in [2.05, 4.69) is 239 Å². The summed E-state index contributed by atoms with van der Waals surface area (Å²) in [7, 11) is 0. The molecule has 2 aliphatic rings. The molecule has 1 aliphatic carbocycles. The molecule has 0 bridgehead atoms. The van der Waals surface area contributed by atoms with Crippen LogP contribution in [0, 0.1) is 0 Å². The van der Waals surface area contributed by atoms with Gasteiger partial charge in [0.2, 0.25) is 0 Å². The van der Waals surface area contributed by atoms with Gasteiger partial charge >= 0.3 is 0 Å². The number of benzene rings is 8. The van der Waals surface area contributed by atoms with Crippen LogP contribution in [0.15, 0.2) is 224 Å². The van der Waals surface area contributed by atoms with Gasteiger partial charge in [0.25, 0.3) is 0 Å². The van der Waals surface area contributed by atoms with Crippen molar-refractivity contribution in [2.45, 2.75) is 12.0 Å². The first-order valence-electron chi connectivity index (χ1n) is 19.8. The van der Waals surface area contributed by atoms with Crippen molar-refractivity contribution >= 4 is 50.2 Å². The van der Waals surface area contributed by atoms with E-state index in [0.29, 0.717) is 12.0 Å². The molecule has 11 rings (SSSR count). The highest BCUT2D eigenvalue weighted by atomic mass is 15.2. The largest absolute Gasteiger partial charge is 0.333 e. The first-order chi connectivity index (χ1) is 28.3. The summed E-state index contributed by atoms with van der Waals surface area (Å²) in [6.45, 7) is 0. The Bertz CT molecular complexity index is 2880. The van der Waals surface area contributed by atoms with Gasteiger partial charge in [0, 0.05) is 50.8 Å². The van der Waals surface area contributed by atoms with Gasteiger partial charge in [0.1, 0.15) is 0 Å². The van der Waals surface area contributed by atoms with Gasteiger partial charge in [-0.15, -0.1) is 0 Å². The molecule has 0 saturated carbocycles.